The highest BCUT2D eigenvalue weighted by Crippen LogP contribution is 2.14. The van der Waals surface area contributed by atoms with Crippen LogP contribution in [-0.2, 0) is 0 Å². The Labute approximate surface area is 55.2 Å². The summed E-state index contributed by atoms with van der Waals surface area (Å²) in [5.41, 5.74) is 4.95. The van der Waals surface area contributed by atoms with E-state index in [0.29, 0.717) is 0 Å². The van der Waals surface area contributed by atoms with E-state index in [1.54, 1.807) is 6.92 Å². The van der Waals surface area contributed by atoms with Gasteiger partial charge in [0.2, 0.25) is 0 Å². The lowest BCUT2D eigenvalue weighted by Crippen LogP contribution is -2.56. The molecule has 0 aliphatic carbocycles. The highest BCUT2D eigenvalue weighted by Gasteiger charge is 2.30. The van der Waals surface area contributed by atoms with Crippen LogP contribution in [0, 0.1) is 0 Å². The van der Waals surface area contributed by atoms with Crippen LogP contribution in [0.15, 0.2) is 0 Å². The Hall–Kier alpha value is -0.120. The molecule has 1 aliphatic rings. The maximum atomic E-state index is 9.48. The maximum absolute atomic E-state index is 9.48. The van der Waals surface area contributed by atoms with Gasteiger partial charge in [0.1, 0.15) is 0 Å². The normalized spacial score (nSPS) is 45.0. The van der Waals surface area contributed by atoms with Gasteiger partial charge >= 0.3 is 0 Å². The molecule has 1 heterocycles. The van der Waals surface area contributed by atoms with Crippen LogP contribution in [0.25, 0.3) is 0 Å². The molecule has 0 bridgehead atoms. The van der Waals surface area contributed by atoms with Crippen LogP contribution >= 0.6 is 0 Å². The van der Waals surface area contributed by atoms with Gasteiger partial charge in [-0.3, -0.25) is 0 Å². The van der Waals surface area contributed by atoms with Crippen molar-refractivity contribution in [3.8, 4) is 0 Å². The summed E-state index contributed by atoms with van der Waals surface area (Å²) in [5.74, 6) is 0. The van der Waals surface area contributed by atoms with Crippen molar-refractivity contribution in [3.05, 3.63) is 0 Å². The van der Waals surface area contributed by atoms with Crippen molar-refractivity contribution in [1.29, 1.82) is 0 Å². The second-order valence-electron chi connectivity index (χ2n) is 2.92. The van der Waals surface area contributed by atoms with E-state index in [0.717, 1.165) is 19.5 Å². The molecule has 3 heteroatoms. The molecule has 0 saturated carbocycles. The molecule has 1 fully saturated rings. The third-order valence-electron chi connectivity index (χ3n) is 1.97. The molecule has 0 unspecified atom stereocenters. The Morgan fingerprint density at radius 3 is 2.78 bits per heavy atom. The Balaban J connectivity index is 2.49. The fourth-order valence-electron chi connectivity index (χ4n) is 1.00. The lowest BCUT2D eigenvalue weighted by molar-refractivity contribution is 0.0106. The molecular formula is C6H14N2O. The number of aliphatic hydroxyl groups is 1. The molecule has 0 spiro atoms. The fourth-order valence-corrected chi connectivity index (χ4v) is 1.00. The maximum Gasteiger partial charge on any atom is 0.0794 e. The highest BCUT2D eigenvalue weighted by molar-refractivity contribution is 4.90. The number of piperidine rings is 1. The van der Waals surface area contributed by atoms with E-state index < -0.39 is 5.60 Å². The Morgan fingerprint density at radius 2 is 2.44 bits per heavy atom. The van der Waals surface area contributed by atoms with Crippen LogP contribution in [0.2, 0.25) is 0 Å². The van der Waals surface area contributed by atoms with Crippen molar-refractivity contribution >= 4 is 0 Å². The molecular weight excluding hydrogens is 116 g/mol. The number of hydrogen-bond acceptors (Lipinski definition) is 3. The average molecular weight is 130 g/mol. The minimum absolute atomic E-state index is 0.105. The lowest BCUT2D eigenvalue weighted by Gasteiger charge is -2.34. The van der Waals surface area contributed by atoms with Gasteiger partial charge in [-0.1, -0.05) is 0 Å². The summed E-state index contributed by atoms with van der Waals surface area (Å²) in [6, 6.07) is -0.105. The summed E-state index contributed by atoms with van der Waals surface area (Å²) in [7, 11) is 0. The van der Waals surface area contributed by atoms with Gasteiger partial charge in [-0.15, -0.1) is 0 Å². The van der Waals surface area contributed by atoms with Crippen molar-refractivity contribution in [2.45, 2.75) is 25.0 Å². The molecule has 1 saturated heterocycles. The smallest absolute Gasteiger partial charge is 0.0794 e. The number of hydrogen-bond donors (Lipinski definition) is 3. The van der Waals surface area contributed by atoms with E-state index in [2.05, 4.69) is 5.32 Å². The molecule has 2 atom stereocenters. The van der Waals surface area contributed by atoms with Gasteiger partial charge in [-0.25, -0.2) is 0 Å². The van der Waals surface area contributed by atoms with Crippen LogP contribution in [0.4, 0.5) is 0 Å². The van der Waals surface area contributed by atoms with Gasteiger partial charge in [-0.2, -0.15) is 0 Å². The third-order valence-corrected chi connectivity index (χ3v) is 1.97. The van der Waals surface area contributed by atoms with E-state index in [9.17, 15) is 5.11 Å². The van der Waals surface area contributed by atoms with Crippen LogP contribution < -0.4 is 11.1 Å². The van der Waals surface area contributed by atoms with Crippen LogP contribution in [0.1, 0.15) is 13.3 Å². The van der Waals surface area contributed by atoms with E-state index in [-0.39, 0.29) is 6.04 Å². The first-order chi connectivity index (χ1) is 4.13. The molecule has 1 aliphatic heterocycles. The van der Waals surface area contributed by atoms with Crippen LogP contribution in [0.5, 0.6) is 0 Å². The molecule has 0 amide bonds. The Morgan fingerprint density at radius 1 is 1.78 bits per heavy atom. The summed E-state index contributed by atoms with van der Waals surface area (Å²) >= 11 is 0. The third kappa shape index (κ3) is 1.41. The molecule has 9 heavy (non-hydrogen) atoms. The number of rotatable bonds is 0. The highest BCUT2D eigenvalue weighted by atomic mass is 16.3. The minimum Gasteiger partial charge on any atom is -0.388 e. The molecule has 0 aromatic rings. The number of nitrogens with one attached hydrogen (secondary N) is 1. The van der Waals surface area contributed by atoms with Crippen molar-refractivity contribution in [3.63, 3.8) is 0 Å². The summed E-state index contributed by atoms with van der Waals surface area (Å²) in [6.45, 7) is 3.40. The van der Waals surface area contributed by atoms with Crippen LogP contribution in [-0.4, -0.2) is 29.8 Å². The first kappa shape index (κ1) is 6.99. The number of nitrogens with two attached hydrogens (primary N) is 1. The van der Waals surface area contributed by atoms with Crippen molar-refractivity contribution < 1.29 is 5.11 Å². The quantitative estimate of drug-likeness (QED) is 0.396. The molecule has 0 radical (unpaired) electrons. The molecule has 0 aromatic carbocycles. The monoisotopic (exact) mass is 130 g/mol. The zero-order chi connectivity index (χ0) is 6.91. The van der Waals surface area contributed by atoms with Gasteiger partial charge in [0.15, 0.2) is 0 Å². The molecule has 3 nitrogen and oxygen atoms in total. The van der Waals surface area contributed by atoms with Crippen molar-refractivity contribution in [1.82, 2.24) is 5.32 Å². The average Bonchev–Trinajstić information content (AvgIpc) is 1.77. The zero-order valence-electron chi connectivity index (χ0n) is 5.72. The van der Waals surface area contributed by atoms with Gasteiger partial charge in [-0.05, 0) is 19.9 Å². The van der Waals surface area contributed by atoms with Gasteiger partial charge in [0, 0.05) is 12.6 Å². The summed E-state index contributed by atoms with van der Waals surface area (Å²) < 4.78 is 0. The van der Waals surface area contributed by atoms with E-state index in [4.69, 9.17) is 5.73 Å². The van der Waals surface area contributed by atoms with E-state index >= 15 is 0 Å². The van der Waals surface area contributed by atoms with Crippen LogP contribution in [0.3, 0.4) is 0 Å². The van der Waals surface area contributed by atoms with Gasteiger partial charge in [0.05, 0.1) is 5.60 Å². The SMILES string of the molecule is C[C@]1(O)CCNC[C@H]1N. The van der Waals surface area contributed by atoms with Gasteiger partial charge in [0.25, 0.3) is 0 Å². The molecule has 0 aromatic heterocycles. The first-order valence-corrected chi connectivity index (χ1v) is 3.31. The lowest BCUT2D eigenvalue weighted by atomic mass is 9.90. The molecule has 54 valence electrons. The van der Waals surface area contributed by atoms with Crippen molar-refractivity contribution in [2.75, 3.05) is 13.1 Å². The topological polar surface area (TPSA) is 58.3 Å². The summed E-state index contributed by atoms with van der Waals surface area (Å²) in [6.07, 6.45) is 0.758. The minimum atomic E-state index is -0.648. The Bertz CT molecular complexity index is 103. The fraction of sp³-hybridized carbons (Fsp3) is 1.00. The first-order valence-electron chi connectivity index (χ1n) is 3.31. The van der Waals surface area contributed by atoms with Crippen molar-refractivity contribution in [2.24, 2.45) is 5.73 Å². The molecule has 4 N–H and O–H groups in total. The summed E-state index contributed by atoms with van der Waals surface area (Å²) in [4.78, 5) is 0. The zero-order valence-corrected chi connectivity index (χ0v) is 5.72. The Kier molecular flexibility index (Phi) is 1.75. The standard InChI is InChI=1S/C6H14N2O/c1-6(9)2-3-8-4-5(6)7/h5,8-9H,2-4,7H2,1H3/t5-,6+/m1/s1. The predicted octanol–water partition coefficient (Wildman–Crippen LogP) is -0.942. The summed E-state index contributed by atoms with van der Waals surface area (Å²) in [5, 5.41) is 12.6. The van der Waals surface area contributed by atoms with E-state index in [1.807, 2.05) is 0 Å². The largest absolute Gasteiger partial charge is 0.388 e. The second-order valence-corrected chi connectivity index (χ2v) is 2.92. The predicted molar refractivity (Wildman–Crippen MR) is 36.1 cm³/mol. The molecule has 1 rings (SSSR count). The van der Waals surface area contributed by atoms with E-state index in [1.165, 1.54) is 0 Å². The second kappa shape index (κ2) is 2.25. The van der Waals surface area contributed by atoms with Gasteiger partial charge < -0.3 is 16.2 Å².